The molecule has 0 bridgehead atoms. The molecule has 0 radical (unpaired) electrons. The zero-order chi connectivity index (χ0) is 14.7. The number of carboxylic acids is 1. The van der Waals surface area contributed by atoms with Crippen LogP contribution in [-0.4, -0.2) is 35.0 Å². The van der Waals surface area contributed by atoms with Crippen LogP contribution in [0.2, 0.25) is 0 Å². The molecule has 0 spiro atoms. The van der Waals surface area contributed by atoms with Crippen LogP contribution in [0.5, 0.6) is 0 Å². The third-order valence-corrected chi connectivity index (χ3v) is 3.55. The molecule has 106 valence electrons. The Bertz CT molecular complexity index is 556. The smallest absolute Gasteiger partial charge is 0.308 e. The highest BCUT2D eigenvalue weighted by Crippen LogP contribution is 2.23. The summed E-state index contributed by atoms with van der Waals surface area (Å²) in [6.07, 6.45) is 2.70. The average Bonchev–Trinajstić information content (AvgIpc) is 2.80. The van der Waals surface area contributed by atoms with Crippen molar-refractivity contribution in [3.63, 3.8) is 0 Å². The molecule has 2 atom stereocenters. The van der Waals surface area contributed by atoms with Gasteiger partial charge in [0.25, 0.3) is 0 Å². The van der Waals surface area contributed by atoms with Crippen LogP contribution in [0, 0.1) is 17.7 Å². The van der Waals surface area contributed by atoms with Crippen LogP contribution in [-0.2, 0) is 9.59 Å². The van der Waals surface area contributed by atoms with E-state index >= 15 is 0 Å². The maximum absolute atomic E-state index is 13.4. The predicted octanol–water partition coefficient (Wildman–Crippen LogP) is 2.02. The molecule has 2 unspecified atom stereocenters. The quantitative estimate of drug-likeness (QED) is 0.860. The summed E-state index contributed by atoms with van der Waals surface area (Å²) in [6.45, 7) is 2.43. The molecule has 4 nitrogen and oxygen atoms in total. The SMILES string of the molecule is CC1CN(C(=O)C=Cc2ccccc2F)CC1C(=O)O. The van der Waals surface area contributed by atoms with E-state index in [1.165, 1.54) is 23.1 Å². The van der Waals surface area contributed by atoms with Crippen LogP contribution < -0.4 is 0 Å². The number of aliphatic carboxylic acids is 1. The lowest BCUT2D eigenvalue weighted by Crippen LogP contribution is -2.28. The lowest BCUT2D eigenvalue weighted by molar-refractivity contribution is -0.142. The number of benzene rings is 1. The minimum absolute atomic E-state index is 0.0710. The Kier molecular flexibility index (Phi) is 4.17. The van der Waals surface area contributed by atoms with Crippen LogP contribution in [0.4, 0.5) is 4.39 Å². The van der Waals surface area contributed by atoms with Gasteiger partial charge in [-0.1, -0.05) is 25.1 Å². The second-order valence-corrected chi connectivity index (χ2v) is 5.02. The molecule has 2 rings (SSSR count). The number of likely N-dealkylation sites (tertiary alicyclic amines) is 1. The highest BCUT2D eigenvalue weighted by atomic mass is 19.1. The number of nitrogens with zero attached hydrogens (tertiary/aromatic N) is 1. The molecule has 0 aromatic heterocycles. The molecule has 20 heavy (non-hydrogen) atoms. The van der Waals surface area contributed by atoms with Crippen molar-refractivity contribution in [2.45, 2.75) is 6.92 Å². The van der Waals surface area contributed by atoms with Crippen molar-refractivity contribution in [1.29, 1.82) is 0 Å². The van der Waals surface area contributed by atoms with Crippen molar-refractivity contribution >= 4 is 18.0 Å². The van der Waals surface area contributed by atoms with E-state index in [0.29, 0.717) is 12.1 Å². The van der Waals surface area contributed by atoms with Gasteiger partial charge in [0.2, 0.25) is 5.91 Å². The molecule has 1 aliphatic rings. The molecule has 0 aliphatic carbocycles. The number of hydrogen-bond acceptors (Lipinski definition) is 2. The summed E-state index contributed by atoms with van der Waals surface area (Å²) in [5.41, 5.74) is 0.336. The van der Waals surface area contributed by atoms with Gasteiger partial charge in [0, 0.05) is 24.7 Å². The Labute approximate surface area is 116 Å². The van der Waals surface area contributed by atoms with Gasteiger partial charge in [0.15, 0.2) is 0 Å². The molecular weight excluding hydrogens is 261 g/mol. The summed E-state index contributed by atoms with van der Waals surface area (Å²) >= 11 is 0. The zero-order valence-electron chi connectivity index (χ0n) is 11.1. The first kappa shape index (κ1) is 14.2. The van der Waals surface area contributed by atoms with E-state index < -0.39 is 17.7 Å². The molecule has 0 saturated carbocycles. The fourth-order valence-corrected chi connectivity index (χ4v) is 2.34. The number of amides is 1. The standard InChI is InChI=1S/C15H16FNO3/c1-10-8-17(9-12(10)15(19)20)14(18)7-6-11-4-2-3-5-13(11)16/h2-7,10,12H,8-9H2,1H3,(H,19,20). The van der Waals surface area contributed by atoms with E-state index in [2.05, 4.69) is 0 Å². The van der Waals surface area contributed by atoms with Crippen LogP contribution in [0.25, 0.3) is 6.08 Å². The van der Waals surface area contributed by atoms with Crippen molar-refractivity contribution < 1.29 is 19.1 Å². The summed E-state index contributed by atoms with van der Waals surface area (Å²) in [6, 6.07) is 6.16. The maximum Gasteiger partial charge on any atom is 0.308 e. The van der Waals surface area contributed by atoms with Gasteiger partial charge in [-0.2, -0.15) is 0 Å². The lowest BCUT2D eigenvalue weighted by Gasteiger charge is -2.12. The predicted molar refractivity (Wildman–Crippen MR) is 72.3 cm³/mol. The van der Waals surface area contributed by atoms with Crippen molar-refractivity contribution in [1.82, 2.24) is 4.90 Å². The van der Waals surface area contributed by atoms with E-state index in [1.54, 1.807) is 18.2 Å². The van der Waals surface area contributed by atoms with Gasteiger partial charge in [-0.15, -0.1) is 0 Å². The normalized spacial score (nSPS) is 22.4. The average molecular weight is 277 g/mol. The Morgan fingerprint density at radius 1 is 1.35 bits per heavy atom. The monoisotopic (exact) mass is 277 g/mol. The summed E-state index contributed by atoms with van der Waals surface area (Å²) in [4.78, 5) is 24.5. The van der Waals surface area contributed by atoms with Crippen LogP contribution in [0.1, 0.15) is 12.5 Å². The summed E-state index contributed by atoms with van der Waals surface area (Å²) in [5, 5.41) is 9.02. The Morgan fingerprint density at radius 2 is 2.05 bits per heavy atom. The van der Waals surface area contributed by atoms with Gasteiger partial charge in [-0.25, -0.2) is 4.39 Å². The molecule has 1 N–H and O–H groups in total. The van der Waals surface area contributed by atoms with E-state index in [1.807, 2.05) is 6.92 Å². The molecule has 1 aromatic carbocycles. The second kappa shape index (κ2) is 5.86. The van der Waals surface area contributed by atoms with E-state index in [9.17, 15) is 14.0 Å². The van der Waals surface area contributed by atoms with Gasteiger partial charge >= 0.3 is 5.97 Å². The molecule has 1 fully saturated rings. The zero-order valence-corrected chi connectivity index (χ0v) is 11.1. The molecular formula is C15H16FNO3. The molecule has 1 aromatic rings. The van der Waals surface area contributed by atoms with Crippen LogP contribution in [0.15, 0.2) is 30.3 Å². The summed E-state index contributed by atoms with van der Waals surface area (Å²) < 4.78 is 13.4. The van der Waals surface area contributed by atoms with E-state index in [4.69, 9.17) is 5.11 Å². The van der Waals surface area contributed by atoms with Crippen LogP contribution >= 0.6 is 0 Å². The minimum Gasteiger partial charge on any atom is -0.481 e. The molecule has 1 saturated heterocycles. The number of carbonyl (C=O) groups is 2. The van der Waals surface area contributed by atoms with Crippen molar-refractivity contribution in [2.24, 2.45) is 11.8 Å². The Hall–Kier alpha value is -2.17. The van der Waals surface area contributed by atoms with E-state index in [0.717, 1.165) is 0 Å². The van der Waals surface area contributed by atoms with Gasteiger partial charge in [-0.05, 0) is 18.1 Å². The molecule has 1 amide bonds. The first-order valence-corrected chi connectivity index (χ1v) is 6.43. The van der Waals surface area contributed by atoms with Gasteiger partial charge in [0.05, 0.1) is 5.92 Å². The fraction of sp³-hybridized carbons (Fsp3) is 0.333. The number of hydrogen-bond donors (Lipinski definition) is 1. The van der Waals surface area contributed by atoms with Gasteiger partial charge in [0.1, 0.15) is 5.82 Å². The number of rotatable bonds is 3. The minimum atomic E-state index is -0.883. The molecule has 1 heterocycles. The van der Waals surface area contributed by atoms with Gasteiger partial charge < -0.3 is 10.0 Å². The lowest BCUT2D eigenvalue weighted by atomic mass is 9.99. The first-order chi connectivity index (χ1) is 9.49. The molecule has 1 aliphatic heterocycles. The Balaban J connectivity index is 2.03. The third-order valence-electron chi connectivity index (χ3n) is 3.55. The highest BCUT2D eigenvalue weighted by Gasteiger charge is 2.36. The molecule has 5 heteroatoms. The highest BCUT2D eigenvalue weighted by molar-refractivity contribution is 5.92. The summed E-state index contributed by atoms with van der Waals surface area (Å²) in [5.74, 6) is -2.16. The van der Waals surface area contributed by atoms with Crippen molar-refractivity contribution in [3.05, 3.63) is 41.7 Å². The van der Waals surface area contributed by atoms with E-state index in [-0.39, 0.29) is 18.4 Å². The Morgan fingerprint density at radius 3 is 2.65 bits per heavy atom. The van der Waals surface area contributed by atoms with Crippen molar-refractivity contribution in [3.8, 4) is 0 Å². The third kappa shape index (κ3) is 3.04. The van der Waals surface area contributed by atoms with Crippen molar-refractivity contribution in [2.75, 3.05) is 13.1 Å². The van der Waals surface area contributed by atoms with Gasteiger partial charge in [-0.3, -0.25) is 9.59 Å². The second-order valence-electron chi connectivity index (χ2n) is 5.02. The summed E-state index contributed by atoms with van der Waals surface area (Å²) in [7, 11) is 0. The topological polar surface area (TPSA) is 57.6 Å². The maximum atomic E-state index is 13.4. The first-order valence-electron chi connectivity index (χ1n) is 6.43. The van der Waals surface area contributed by atoms with Crippen LogP contribution in [0.3, 0.4) is 0 Å². The largest absolute Gasteiger partial charge is 0.481 e. The number of halogens is 1. The number of carbonyl (C=O) groups excluding carboxylic acids is 1. The fourth-order valence-electron chi connectivity index (χ4n) is 2.34. The number of carboxylic acid groups (broad SMARTS) is 1.